The van der Waals surface area contributed by atoms with Gasteiger partial charge in [0.05, 0.1) is 19.8 Å². The van der Waals surface area contributed by atoms with Gasteiger partial charge in [-0.1, -0.05) is 53.5 Å². The van der Waals surface area contributed by atoms with Crippen LogP contribution < -0.4 is 15.2 Å². The molecule has 0 spiro atoms. The molecule has 0 aliphatic rings. The van der Waals surface area contributed by atoms with Crippen LogP contribution in [0.3, 0.4) is 0 Å². The molecule has 0 aliphatic heterocycles. The Morgan fingerprint density at radius 2 is 1.32 bits per heavy atom. The average Bonchev–Trinajstić information content (AvgIpc) is 2.93. The quantitative estimate of drug-likeness (QED) is 0.158. The van der Waals surface area contributed by atoms with Gasteiger partial charge in [-0.3, -0.25) is 4.79 Å². The van der Waals surface area contributed by atoms with E-state index in [9.17, 15) is 19.2 Å². The standard InChI is InChI=1S/C28H43NO11/c1-7-12-34-26(31)38-20(6)17-35-25(30)22(29)13-21-10-11-23(39-27(32)36-15-18(4)8-2)24(14-21)40-28(33)37-16-19(5)9-3/h10-11,14,18-20,22H,7-9,12-13,15-17,29H2,1-6H3/t18?,19?,20-,22-/m0/s1. The third kappa shape index (κ3) is 14.0. The normalized spacial score (nSPS) is 13.7. The number of benzene rings is 1. The first-order valence-electron chi connectivity index (χ1n) is 13.6. The molecule has 0 aromatic heterocycles. The van der Waals surface area contributed by atoms with Gasteiger partial charge in [-0.05, 0) is 49.3 Å². The number of nitrogens with two attached hydrogens (primary N) is 1. The average molecular weight is 570 g/mol. The van der Waals surface area contributed by atoms with Crippen LogP contribution >= 0.6 is 0 Å². The van der Waals surface area contributed by atoms with Gasteiger partial charge in [0.1, 0.15) is 18.8 Å². The number of ether oxygens (including phenoxy) is 7. The van der Waals surface area contributed by atoms with Gasteiger partial charge in [-0.25, -0.2) is 14.4 Å². The molecular formula is C28H43NO11. The molecule has 1 aromatic carbocycles. The van der Waals surface area contributed by atoms with Gasteiger partial charge in [0.25, 0.3) is 0 Å². The number of hydrogen-bond donors (Lipinski definition) is 1. The highest BCUT2D eigenvalue weighted by Crippen LogP contribution is 2.30. The van der Waals surface area contributed by atoms with Crippen LogP contribution in [0.5, 0.6) is 11.5 Å². The topological polar surface area (TPSA) is 159 Å². The second-order valence-corrected chi connectivity index (χ2v) is 9.60. The maximum Gasteiger partial charge on any atom is 0.513 e. The predicted octanol–water partition coefficient (Wildman–Crippen LogP) is 5.17. The van der Waals surface area contributed by atoms with Crippen molar-refractivity contribution in [2.24, 2.45) is 17.6 Å². The Bertz CT molecular complexity index is 952. The van der Waals surface area contributed by atoms with Gasteiger partial charge < -0.3 is 38.9 Å². The monoisotopic (exact) mass is 569 g/mol. The number of carbonyl (C=O) groups excluding carboxylic acids is 4. The van der Waals surface area contributed by atoms with Gasteiger partial charge in [-0.2, -0.15) is 0 Å². The Kier molecular flexibility index (Phi) is 16.1. The fourth-order valence-electron chi connectivity index (χ4n) is 2.80. The highest BCUT2D eigenvalue weighted by molar-refractivity contribution is 5.76. The van der Waals surface area contributed by atoms with Crippen LogP contribution in [0.1, 0.15) is 66.4 Å². The molecule has 226 valence electrons. The Labute approximate surface area is 235 Å². The minimum absolute atomic E-state index is 0.00360. The second kappa shape index (κ2) is 18.7. The van der Waals surface area contributed by atoms with Crippen LogP contribution in [0.2, 0.25) is 0 Å². The lowest BCUT2D eigenvalue weighted by Gasteiger charge is -2.17. The summed E-state index contributed by atoms with van der Waals surface area (Å²) in [4.78, 5) is 48.4. The van der Waals surface area contributed by atoms with E-state index in [1.54, 1.807) is 13.0 Å². The summed E-state index contributed by atoms with van der Waals surface area (Å²) < 4.78 is 35.8. The highest BCUT2D eigenvalue weighted by Gasteiger charge is 2.22. The summed E-state index contributed by atoms with van der Waals surface area (Å²) >= 11 is 0. The van der Waals surface area contributed by atoms with Crippen LogP contribution in [0.25, 0.3) is 0 Å². The molecular weight excluding hydrogens is 526 g/mol. The fourth-order valence-corrected chi connectivity index (χ4v) is 2.80. The van der Waals surface area contributed by atoms with E-state index in [1.165, 1.54) is 12.1 Å². The van der Waals surface area contributed by atoms with Crippen molar-refractivity contribution < 1.29 is 52.3 Å². The maximum absolute atomic E-state index is 12.4. The van der Waals surface area contributed by atoms with E-state index in [1.807, 2.05) is 34.6 Å². The van der Waals surface area contributed by atoms with Crippen LogP contribution in [0.15, 0.2) is 18.2 Å². The largest absolute Gasteiger partial charge is 0.513 e. The molecule has 4 atom stereocenters. The molecule has 1 aromatic rings. The summed E-state index contributed by atoms with van der Waals surface area (Å²) in [6, 6.07) is 3.27. The molecule has 0 saturated carbocycles. The highest BCUT2D eigenvalue weighted by atomic mass is 16.7. The van der Waals surface area contributed by atoms with E-state index in [4.69, 9.17) is 38.9 Å². The number of carbonyl (C=O) groups is 4. The lowest BCUT2D eigenvalue weighted by Crippen LogP contribution is -2.36. The van der Waals surface area contributed by atoms with Crippen molar-refractivity contribution in [2.75, 3.05) is 26.4 Å². The second-order valence-electron chi connectivity index (χ2n) is 9.60. The van der Waals surface area contributed by atoms with Gasteiger partial charge >= 0.3 is 24.4 Å². The summed E-state index contributed by atoms with van der Waals surface area (Å²) in [6.45, 7) is 11.5. The molecule has 2 unspecified atom stereocenters. The predicted molar refractivity (Wildman–Crippen MR) is 144 cm³/mol. The molecule has 0 bridgehead atoms. The molecule has 0 aliphatic carbocycles. The lowest BCUT2D eigenvalue weighted by molar-refractivity contribution is -0.148. The van der Waals surface area contributed by atoms with E-state index in [-0.39, 0.29) is 56.2 Å². The molecule has 12 heteroatoms. The van der Waals surface area contributed by atoms with Crippen molar-refractivity contribution in [3.63, 3.8) is 0 Å². The van der Waals surface area contributed by atoms with Crippen LogP contribution in [0, 0.1) is 11.8 Å². The minimum Gasteiger partial charge on any atom is -0.461 e. The molecule has 0 heterocycles. The van der Waals surface area contributed by atoms with Gasteiger partial charge in [-0.15, -0.1) is 0 Å². The molecule has 0 fully saturated rings. The third-order valence-electron chi connectivity index (χ3n) is 5.70. The van der Waals surface area contributed by atoms with E-state index in [0.29, 0.717) is 12.0 Å². The van der Waals surface area contributed by atoms with Crippen molar-refractivity contribution in [2.45, 2.75) is 79.4 Å². The van der Waals surface area contributed by atoms with Crippen molar-refractivity contribution in [1.29, 1.82) is 0 Å². The van der Waals surface area contributed by atoms with Gasteiger partial charge in [0, 0.05) is 0 Å². The molecule has 0 saturated heterocycles. The molecule has 40 heavy (non-hydrogen) atoms. The molecule has 0 radical (unpaired) electrons. The minimum atomic E-state index is -1.09. The van der Waals surface area contributed by atoms with Crippen molar-refractivity contribution in [1.82, 2.24) is 0 Å². The summed E-state index contributed by atoms with van der Waals surface area (Å²) in [5, 5.41) is 0. The van der Waals surface area contributed by atoms with E-state index in [2.05, 4.69) is 0 Å². The van der Waals surface area contributed by atoms with Crippen molar-refractivity contribution in [3.8, 4) is 11.5 Å². The summed E-state index contributed by atoms with van der Waals surface area (Å²) in [5.74, 6) is -0.645. The molecule has 1 rings (SSSR count). The number of rotatable bonds is 16. The van der Waals surface area contributed by atoms with E-state index in [0.717, 1.165) is 12.8 Å². The Hall–Kier alpha value is -3.54. The van der Waals surface area contributed by atoms with E-state index >= 15 is 0 Å². The van der Waals surface area contributed by atoms with Crippen LogP contribution in [-0.4, -0.2) is 63.0 Å². The smallest absolute Gasteiger partial charge is 0.461 e. The Balaban J connectivity index is 2.86. The number of hydrogen-bond acceptors (Lipinski definition) is 12. The molecule has 12 nitrogen and oxygen atoms in total. The van der Waals surface area contributed by atoms with Crippen LogP contribution in [0.4, 0.5) is 14.4 Å². The Morgan fingerprint density at radius 1 is 0.750 bits per heavy atom. The maximum atomic E-state index is 12.4. The van der Waals surface area contributed by atoms with Crippen molar-refractivity contribution in [3.05, 3.63) is 23.8 Å². The first-order chi connectivity index (χ1) is 19.0. The summed E-state index contributed by atoms with van der Waals surface area (Å²) in [7, 11) is 0. The zero-order valence-electron chi connectivity index (χ0n) is 24.3. The Morgan fingerprint density at radius 3 is 1.88 bits per heavy atom. The zero-order chi connectivity index (χ0) is 30.1. The first-order valence-corrected chi connectivity index (χ1v) is 13.6. The molecule has 0 amide bonds. The third-order valence-corrected chi connectivity index (χ3v) is 5.70. The SMILES string of the molecule is CCCOC(=O)O[C@@H](C)COC(=O)[C@@H](N)Cc1ccc(OC(=O)OCC(C)CC)c(OC(=O)OCC(C)CC)c1. The van der Waals surface area contributed by atoms with Gasteiger partial charge in [0.15, 0.2) is 11.5 Å². The summed E-state index contributed by atoms with van der Waals surface area (Å²) in [5.41, 5.74) is 6.49. The van der Waals surface area contributed by atoms with Gasteiger partial charge in [0.2, 0.25) is 0 Å². The summed E-state index contributed by atoms with van der Waals surface area (Å²) in [6.07, 6.45) is -1.25. The van der Waals surface area contributed by atoms with Crippen LogP contribution in [-0.2, 0) is 34.9 Å². The first kappa shape index (κ1) is 34.5. The fraction of sp³-hybridized carbons (Fsp3) is 0.643. The zero-order valence-corrected chi connectivity index (χ0v) is 24.3. The van der Waals surface area contributed by atoms with Crippen molar-refractivity contribution >= 4 is 24.4 Å². The lowest BCUT2D eigenvalue weighted by atomic mass is 10.1. The molecule has 2 N–H and O–H groups in total. The van der Waals surface area contributed by atoms with E-state index < -0.39 is 36.6 Å². The number of esters is 1.